The van der Waals surface area contributed by atoms with Crippen LogP contribution in [0.2, 0.25) is 0 Å². The number of nitrogens with one attached hydrogen (secondary N) is 1. The molecular weight excluding hydrogens is 418 g/mol. The molecule has 0 aliphatic rings. The van der Waals surface area contributed by atoms with E-state index in [0.29, 0.717) is 0 Å². The van der Waals surface area contributed by atoms with E-state index >= 15 is 0 Å². The number of rotatable bonds is 8. The third-order valence-corrected chi connectivity index (χ3v) is 5.33. The van der Waals surface area contributed by atoms with Crippen LogP contribution in [0.25, 0.3) is 0 Å². The predicted molar refractivity (Wildman–Crippen MR) is 117 cm³/mol. The lowest BCUT2D eigenvalue weighted by Gasteiger charge is -2.21. The zero-order chi connectivity index (χ0) is 22.9. The SMILES string of the molecule is CC(C)(C)OC(=O)C[C@@H](/C=C/S(=O)(=O)c1ccccc1)NC(=O)OCc1ccccc1. The van der Waals surface area contributed by atoms with Crippen LogP contribution in [0.15, 0.2) is 77.0 Å². The molecule has 2 rings (SSSR count). The second kappa shape index (κ2) is 10.8. The number of sulfone groups is 1. The molecule has 0 bridgehead atoms. The Morgan fingerprint density at radius 3 is 2.16 bits per heavy atom. The Kier molecular flexibility index (Phi) is 8.38. The van der Waals surface area contributed by atoms with E-state index in [4.69, 9.17) is 9.47 Å². The quantitative estimate of drug-likeness (QED) is 0.617. The third kappa shape index (κ3) is 9.04. The average molecular weight is 446 g/mol. The van der Waals surface area contributed by atoms with Crippen LogP contribution in [0.5, 0.6) is 0 Å². The molecule has 0 aromatic heterocycles. The van der Waals surface area contributed by atoms with Gasteiger partial charge in [0.25, 0.3) is 0 Å². The summed E-state index contributed by atoms with van der Waals surface area (Å²) in [7, 11) is -3.74. The lowest BCUT2D eigenvalue weighted by atomic mass is 10.1. The summed E-state index contributed by atoms with van der Waals surface area (Å²) in [5.74, 6) is -0.581. The molecule has 166 valence electrons. The zero-order valence-electron chi connectivity index (χ0n) is 17.8. The van der Waals surface area contributed by atoms with Crippen LogP contribution in [-0.4, -0.2) is 32.1 Å². The fourth-order valence-corrected chi connectivity index (χ4v) is 3.62. The van der Waals surface area contributed by atoms with E-state index in [1.54, 1.807) is 51.1 Å². The molecule has 1 amide bonds. The largest absolute Gasteiger partial charge is 0.460 e. The van der Waals surface area contributed by atoms with Gasteiger partial charge in [-0.15, -0.1) is 0 Å². The molecule has 0 radical (unpaired) electrons. The number of ether oxygens (including phenoxy) is 2. The van der Waals surface area contributed by atoms with Gasteiger partial charge in [0.15, 0.2) is 9.84 Å². The van der Waals surface area contributed by atoms with Crippen LogP contribution >= 0.6 is 0 Å². The topological polar surface area (TPSA) is 98.8 Å². The van der Waals surface area contributed by atoms with Gasteiger partial charge < -0.3 is 14.8 Å². The zero-order valence-corrected chi connectivity index (χ0v) is 18.6. The Morgan fingerprint density at radius 1 is 1.00 bits per heavy atom. The smallest absolute Gasteiger partial charge is 0.407 e. The van der Waals surface area contributed by atoms with E-state index in [2.05, 4.69) is 5.32 Å². The van der Waals surface area contributed by atoms with Crippen molar-refractivity contribution in [2.24, 2.45) is 0 Å². The first kappa shape index (κ1) is 24.1. The van der Waals surface area contributed by atoms with Crippen molar-refractivity contribution in [1.82, 2.24) is 5.32 Å². The van der Waals surface area contributed by atoms with E-state index in [1.165, 1.54) is 18.2 Å². The summed E-state index contributed by atoms with van der Waals surface area (Å²) >= 11 is 0. The molecule has 2 aromatic rings. The summed E-state index contributed by atoms with van der Waals surface area (Å²) in [6.07, 6.45) is 0.216. The van der Waals surface area contributed by atoms with Crippen molar-refractivity contribution in [3.63, 3.8) is 0 Å². The molecular formula is C23H27NO6S. The summed E-state index contributed by atoms with van der Waals surface area (Å²) < 4.78 is 35.5. The molecule has 0 fully saturated rings. The Hall–Kier alpha value is -3.13. The van der Waals surface area contributed by atoms with Crippen LogP contribution in [0.4, 0.5) is 4.79 Å². The highest BCUT2D eigenvalue weighted by atomic mass is 32.2. The van der Waals surface area contributed by atoms with Gasteiger partial charge in [-0.3, -0.25) is 4.79 Å². The molecule has 0 saturated heterocycles. The third-order valence-electron chi connectivity index (χ3n) is 3.88. The van der Waals surface area contributed by atoms with E-state index < -0.39 is 33.5 Å². The Labute approximate surface area is 183 Å². The van der Waals surface area contributed by atoms with Crippen LogP contribution in [0.1, 0.15) is 32.8 Å². The predicted octanol–water partition coefficient (Wildman–Crippen LogP) is 4.00. The van der Waals surface area contributed by atoms with Crippen LogP contribution in [0.3, 0.4) is 0 Å². The van der Waals surface area contributed by atoms with Crippen molar-refractivity contribution in [1.29, 1.82) is 0 Å². The molecule has 0 unspecified atom stereocenters. The van der Waals surface area contributed by atoms with Crippen molar-refractivity contribution in [3.8, 4) is 0 Å². The van der Waals surface area contributed by atoms with Crippen molar-refractivity contribution in [2.75, 3.05) is 0 Å². The fraction of sp³-hybridized carbons (Fsp3) is 0.304. The summed E-state index contributed by atoms with van der Waals surface area (Å²) in [5.41, 5.74) is 0.0819. The van der Waals surface area contributed by atoms with Gasteiger partial charge in [-0.05, 0) is 44.5 Å². The number of carbonyl (C=O) groups excluding carboxylic acids is 2. The van der Waals surface area contributed by atoms with Gasteiger partial charge >= 0.3 is 12.1 Å². The number of esters is 1. The van der Waals surface area contributed by atoms with E-state index in [1.807, 2.05) is 18.2 Å². The molecule has 7 nitrogen and oxygen atoms in total. The number of alkyl carbamates (subject to hydrolysis) is 1. The molecule has 1 atom stereocenters. The molecule has 0 aliphatic heterocycles. The highest BCUT2D eigenvalue weighted by Crippen LogP contribution is 2.14. The minimum Gasteiger partial charge on any atom is -0.460 e. The fourth-order valence-electron chi connectivity index (χ4n) is 2.53. The monoisotopic (exact) mass is 445 g/mol. The standard InChI is InChI=1S/C23H27NO6S/c1-23(2,3)30-21(25)16-19(14-15-31(27,28)20-12-8-5-9-13-20)24-22(26)29-17-18-10-6-4-7-11-18/h4-15,19H,16-17H2,1-3H3,(H,24,26)/b15-14+/t19-/m1/s1. The van der Waals surface area contributed by atoms with Gasteiger partial charge in [-0.25, -0.2) is 13.2 Å². The molecule has 31 heavy (non-hydrogen) atoms. The molecule has 0 heterocycles. The van der Waals surface area contributed by atoms with Gasteiger partial charge in [0.05, 0.1) is 17.4 Å². The maximum atomic E-state index is 12.5. The molecule has 0 aliphatic carbocycles. The normalized spacial score (nSPS) is 12.9. The van der Waals surface area contributed by atoms with Crippen LogP contribution in [0, 0.1) is 0 Å². The maximum absolute atomic E-state index is 12.5. The Morgan fingerprint density at radius 2 is 1.58 bits per heavy atom. The summed E-state index contributed by atoms with van der Waals surface area (Å²) in [6.45, 7) is 5.20. The molecule has 2 aromatic carbocycles. The van der Waals surface area contributed by atoms with E-state index in [0.717, 1.165) is 11.0 Å². The molecule has 0 spiro atoms. The van der Waals surface area contributed by atoms with E-state index in [-0.39, 0.29) is 17.9 Å². The van der Waals surface area contributed by atoms with Gasteiger partial charge in [0.1, 0.15) is 12.2 Å². The highest BCUT2D eigenvalue weighted by molar-refractivity contribution is 7.94. The van der Waals surface area contributed by atoms with E-state index in [9.17, 15) is 18.0 Å². The van der Waals surface area contributed by atoms with Crippen LogP contribution in [-0.2, 0) is 30.7 Å². The number of carbonyl (C=O) groups is 2. The van der Waals surface area contributed by atoms with Crippen molar-refractivity contribution >= 4 is 21.9 Å². The first-order valence-electron chi connectivity index (χ1n) is 9.72. The summed E-state index contributed by atoms with van der Waals surface area (Å²) in [6, 6.07) is 16.0. The maximum Gasteiger partial charge on any atom is 0.407 e. The first-order valence-corrected chi connectivity index (χ1v) is 11.3. The molecule has 0 saturated carbocycles. The Balaban J connectivity index is 2.10. The average Bonchev–Trinajstić information content (AvgIpc) is 2.70. The van der Waals surface area contributed by atoms with Gasteiger partial charge in [-0.1, -0.05) is 48.5 Å². The van der Waals surface area contributed by atoms with Crippen molar-refractivity contribution in [3.05, 3.63) is 77.7 Å². The Bertz CT molecular complexity index is 995. The number of hydrogen-bond acceptors (Lipinski definition) is 6. The minimum absolute atomic E-state index is 0.0395. The second-order valence-corrected chi connectivity index (χ2v) is 9.62. The van der Waals surface area contributed by atoms with Crippen LogP contribution < -0.4 is 5.32 Å². The number of hydrogen-bond donors (Lipinski definition) is 1. The number of benzene rings is 2. The van der Waals surface area contributed by atoms with Gasteiger partial charge in [0.2, 0.25) is 0 Å². The van der Waals surface area contributed by atoms with Gasteiger partial charge in [0, 0.05) is 5.41 Å². The van der Waals surface area contributed by atoms with Gasteiger partial charge in [-0.2, -0.15) is 0 Å². The van der Waals surface area contributed by atoms with Crippen molar-refractivity contribution in [2.45, 2.75) is 50.3 Å². The lowest BCUT2D eigenvalue weighted by Crippen LogP contribution is -2.37. The second-order valence-electron chi connectivity index (χ2n) is 7.79. The lowest BCUT2D eigenvalue weighted by molar-refractivity contribution is -0.155. The molecule has 1 N–H and O–H groups in total. The number of amides is 1. The highest BCUT2D eigenvalue weighted by Gasteiger charge is 2.22. The minimum atomic E-state index is -3.74. The first-order chi connectivity index (χ1) is 14.5. The summed E-state index contributed by atoms with van der Waals surface area (Å²) in [5, 5.41) is 3.48. The molecule has 8 heteroatoms. The summed E-state index contributed by atoms with van der Waals surface area (Å²) in [4.78, 5) is 24.6. The van der Waals surface area contributed by atoms with Crippen molar-refractivity contribution < 1.29 is 27.5 Å².